The number of hydrogen-bond acceptors (Lipinski definition) is 1. The molecule has 0 aromatic rings. The molecule has 0 bridgehead atoms. The molecule has 64 valence electrons. The van der Waals surface area contributed by atoms with Gasteiger partial charge in [0.1, 0.15) is 5.78 Å². The molecule has 0 fully saturated rings. The Morgan fingerprint density at radius 3 is 3.00 bits per heavy atom. The summed E-state index contributed by atoms with van der Waals surface area (Å²) >= 11 is 0. The second kappa shape index (κ2) is 4.77. The van der Waals surface area contributed by atoms with E-state index in [0.717, 1.165) is 12.8 Å². The van der Waals surface area contributed by atoms with Crippen LogP contribution in [0.3, 0.4) is 0 Å². The molecule has 1 heteroatoms. The zero-order chi connectivity index (χ0) is 8.81. The minimum atomic E-state index is 0.186. The van der Waals surface area contributed by atoms with Crippen LogP contribution in [0, 0.1) is 12.3 Å². The van der Waals surface area contributed by atoms with Gasteiger partial charge < -0.3 is 0 Å². The summed E-state index contributed by atoms with van der Waals surface area (Å²) < 4.78 is 0. The molecule has 0 aromatic heterocycles. The maximum atomic E-state index is 11.1. The van der Waals surface area contributed by atoms with Crippen molar-refractivity contribution in [2.45, 2.75) is 38.5 Å². The molecule has 0 aromatic carbocycles. The molecule has 0 saturated heterocycles. The predicted octanol–water partition coefficient (Wildman–Crippen LogP) is 2.47. The molecule has 12 heavy (non-hydrogen) atoms. The van der Waals surface area contributed by atoms with E-state index in [1.54, 1.807) is 0 Å². The molecular formula is C11H14O. The molecule has 0 saturated carbocycles. The number of rotatable bonds is 3. The maximum absolute atomic E-state index is 11.1. The summed E-state index contributed by atoms with van der Waals surface area (Å²) in [5, 5.41) is 0. The number of Topliss-reactive ketones (excluding diaryl/α,β-unsaturated/α-hetero) is 1. The number of allylic oxidation sites excluding steroid dienone is 2. The van der Waals surface area contributed by atoms with E-state index in [2.05, 4.69) is 12.0 Å². The highest BCUT2D eigenvalue weighted by atomic mass is 16.1. The van der Waals surface area contributed by atoms with E-state index < -0.39 is 0 Å². The summed E-state index contributed by atoms with van der Waals surface area (Å²) in [5.74, 6) is 2.57. The average Bonchev–Trinajstić information content (AvgIpc) is 2.06. The Bertz CT molecular complexity index is 230. The summed E-state index contributed by atoms with van der Waals surface area (Å²) in [6.45, 7) is 0. The number of terminal acetylenes is 1. The fourth-order valence-corrected chi connectivity index (χ4v) is 1.49. The van der Waals surface area contributed by atoms with Crippen molar-refractivity contribution >= 4 is 5.78 Å². The van der Waals surface area contributed by atoms with Crippen LogP contribution >= 0.6 is 0 Å². The minimum absolute atomic E-state index is 0.186. The maximum Gasteiger partial charge on any atom is 0.148 e. The van der Waals surface area contributed by atoms with Crippen LogP contribution in [-0.2, 0) is 4.79 Å². The van der Waals surface area contributed by atoms with Crippen molar-refractivity contribution in [3.8, 4) is 12.3 Å². The molecule has 1 aliphatic carbocycles. The van der Waals surface area contributed by atoms with Crippen molar-refractivity contribution in [2.24, 2.45) is 0 Å². The summed E-state index contributed by atoms with van der Waals surface area (Å²) in [7, 11) is 0. The predicted molar refractivity (Wildman–Crippen MR) is 49.6 cm³/mol. The van der Waals surface area contributed by atoms with E-state index in [9.17, 15) is 4.79 Å². The Balaban J connectivity index is 2.35. The molecular weight excluding hydrogens is 148 g/mol. The van der Waals surface area contributed by atoms with Gasteiger partial charge in [-0.25, -0.2) is 0 Å². The Morgan fingerprint density at radius 2 is 2.42 bits per heavy atom. The van der Waals surface area contributed by atoms with Crippen LogP contribution in [0.1, 0.15) is 38.5 Å². The average molecular weight is 162 g/mol. The first kappa shape index (κ1) is 9.06. The van der Waals surface area contributed by atoms with Crippen LogP contribution in [0.25, 0.3) is 0 Å². The Labute approximate surface area is 73.9 Å². The van der Waals surface area contributed by atoms with Gasteiger partial charge in [0.2, 0.25) is 0 Å². The second-order valence-electron chi connectivity index (χ2n) is 3.20. The fraction of sp³-hybridized carbons (Fsp3) is 0.545. The highest BCUT2D eigenvalue weighted by Gasteiger charge is 2.07. The quantitative estimate of drug-likeness (QED) is 0.460. The van der Waals surface area contributed by atoms with Crippen LogP contribution in [0.4, 0.5) is 0 Å². The van der Waals surface area contributed by atoms with Gasteiger partial charge in [-0.15, -0.1) is 6.42 Å². The van der Waals surface area contributed by atoms with Gasteiger partial charge >= 0.3 is 0 Å². The standard InChI is InChI=1S/C11H14O/c1-2-6-11(12)9-10-7-4-3-5-8-10/h1,7H,3-6,8-9H2. The summed E-state index contributed by atoms with van der Waals surface area (Å²) in [5.41, 5.74) is 1.29. The van der Waals surface area contributed by atoms with E-state index >= 15 is 0 Å². The normalized spacial score (nSPS) is 16.4. The van der Waals surface area contributed by atoms with Gasteiger partial charge in [-0.2, -0.15) is 0 Å². The van der Waals surface area contributed by atoms with Crippen LogP contribution in [-0.4, -0.2) is 5.78 Å². The molecule has 1 nitrogen and oxygen atoms in total. The zero-order valence-corrected chi connectivity index (χ0v) is 7.31. The van der Waals surface area contributed by atoms with Crippen LogP contribution in [0.2, 0.25) is 0 Å². The number of carbonyl (C=O) groups excluding carboxylic acids is 1. The summed E-state index contributed by atoms with van der Waals surface area (Å²) in [6.07, 6.45) is 12.8. The lowest BCUT2D eigenvalue weighted by Gasteiger charge is -2.10. The third kappa shape index (κ3) is 2.92. The van der Waals surface area contributed by atoms with Gasteiger partial charge in [-0.1, -0.05) is 17.6 Å². The van der Waals surface area contributed by atoms with Crippen molar-refractivity contribution < 1.29 is 4.79 Å². The molecule has 0 atom stereocenters. The molecule has 0 radical (unpaired) electrons. The summed E-state index contributed by atoms with van der Waals surface area (Å²) in [6, 6.07) is 0. The van der Waals surface area contributed by atoms with E-state index in [1.165, 1.54) is 18.4 Å². The van der Waals surface area contributed by atoms with Crippen molar-refractivity contribution in [1.82, 2.24) is 0 Å². The molecule has 0 N–H and O–H groups in total. The lowest BCUT2D eigenvalue weighted by molar-refractivity contribution is -0.117. The number of ketones is 1. The van der Waals surface area contributed by atoms with E-state index in [0.29, 0.717) is 6.42 Å². The molecule has 1 rings (SSSR count). The molecule has 0 unspecified atom stereocenters. The van der Waals surface area contributed by atoms with Gasteiger partial charge in [0.05, 0.1) is 6.42 Å². The van der Waals surface area contributed by atoms with Crippen LogP contribution in [0.15, 0.2) is 11.6 Å². The first-order valence-electron chi connectivity index (χ1n) is 4.46. The third-order valence-electron chi connectivity index (χ3n) is 2.11. The molecule has 0 spiro atoms. The molecule has 0 heterocycles. The topological polar surface area (TPSA) is 17.1 Å². The molecule has 1 aliphatic rings. The van der Waals surface area contributed by atoms with Gasteiger partial charge in [0, 0.05) is 6.42 Å². The second-order valence-corrected chi connectivity index (χ2v) is 3.20. The SMILES string of the molecule is C#CCC(=O)CC1=CCCCC1. The Kier molecular flexibility index (Phi) is 3.60. The third-order valence-corrected chi connectivity index (χ3v) is 2.11. The van der Waals surface area contributed by atoms with Crippen LogP contribution in [0.5, 0.6) is 0 Å². The lowest BCUT2D eigenvalue weighted by atomic mass is 9.95. The highest BCUT2D eigenvalue weighted by Crippen LogP contribution is 2.20. The fourth-order valence-electron chi connectivity index (χ4n) is 1.49. The van der Waals surface area contributed by atoms with E-state index in [4.69, 9.17) is 6.42 Å². The van der Waals surface area contributed by atoms with Crippen LogP contribution < -0.4 is 0 Å². The lowest BCUT2D eigenvalue weighted by Crippen LogP contribution is -2.01. The zero-order valence-electron chi connectivity index (χ0n) is 7.31. The van der Waals surface area contributed by atoms with Crippen molar-refractivity contribution in [3.63, 3.8) is 0 Å². The Hall–Kier alpha value is -1.03. The van der Waals surface area contributed by atoms with Gasteiger partial charge in [0.15, 0.2) is 0 Å². The van der Waals surface area contributed by atoms with Gasteiger partial charge in [-0.05, 0) is 25.7 Å². The van der Waals surface area contributed by atoms with Crippen molar-refractivity contribution in [3.05, 3.63) is 11.6 Å². The van der Waals surface area contributed by atoms with Crippen molar-refractivity contribution in [1.29, 1.82) is 0 Å². The van der Waals surface area contributed by atoms with E-state index in [-0.39, 0.29) is 12.2 Å². The first-order chi connectivity index (χ1) is 5.83. The molecule has 0 amide bonds. The smallest absolute Gasteiger partial charge is 0.148 e. The Morgan fingerprint density at radius 1 is 1.58 bits per heavy atom. The van der Waals surface area contributed by atoms with Crippen molar-refractivity contribution in [2.75, 3.05) is 0 Å². The van der Waals surface area contributed by atoms with Gasteiger partial charge in [0.25, 0.3) is 0 Å². The summed E-state index contributed by atoms with van der Waals surface area (Å²) in [4.78, 5) is 11.1. The largest absolute Gasteiger partial charge is 0.298 e. The highest BCUT2D eigenvalue weighted by molar-refractivity contribution is 5.82. The van der Waals surface area contributed by atoms with Gasteiger partial charge in [-0.3, -0.25) is 4.79 Å². The van der Waals surface area contributed by atoms with E-state index in [1.807, 2.05) is 0 Å². The monoisotopic (exact) mass is 162 g/mol. The first-order valence-corrected chi connectivity index (χ1v) is 4.46. The minimum Gasteiger partial charge on any atom is -0.298 e. The number of carbonyl (C=O) groups is 1. The number of hydrogen-bond donors (Lipinski definition) is 0. The molecule has 0 aliphatic heterocycles.